The summed E-state index contributed by atoms with van der Waals surface area (Å²) in [6, 6.07) is 6.72. The summed E-state index contributed by atoms with van der Waals surface area (Å²) in [7, 11) is 0. The van der Waals surface area contributed by atoms with Crippen LogP contribution in [0.3, 0.4) is 0 Å². The fraction of sp³-hybridized carbons (Fsp3) is 0.667. The largest absolute Gasteiger partial charge is 0.463 e. The third-order valence-corrected chi connectivity index (χ3v) is 13.6. The van der Waals surface area contributed by atoms with Crippen molar-refractivity contribution in [2.45, 2.75) is 163 Å². The number of thioether (sulfide) groups is 2. The molecule has 1 aromatic carbocycles. The summed E-state index contributed by atoms with van der Waals surface area (Å²) in [5.74, 6) is 7.24. The number of ether oxygens (including phenoxy) is 12. The molecule has 0 saturated carbocycles. The highest BCUT2D eigenvalue weighted by atomic mass is 32.2. The first kappa shape index (κ1) is 62.1. The third kappa shape index (κ3) is 17.1. The Morgan fingerprint density at radius 1 is 0.447 bits per heavy atom. The van der Waals surface area contributed by atoms with Crippen LogP contribution in [0.15, 0.2) is 24.3 Å². The van der Waals surface area contributed by atoms with Crippen LogP contribution >= 0.6 is 23.5 Å². The van der Waals surface area contributed by atoms with E-state index in [-0.39, 0.29) is 11.5 Å². The first-order valence-corrected chi connectivity index (χ1v) is 25.6. The monoisotopic (exact) mass is 1120 g/mol. The van der Waals surface area contributed by atoms with Crippen molar-refractivity contribution in [3.63, 3.8) is 0 Å². The van der Waals surface area contributed by atoms with Gasteiger partial charge in [0.05, 0.1) is 24.7 Å². The molecular formula is C48H62O26S2. The van der Waals surface area contributed by atoms with Gasteiger partial charge in [0.15, 0.2) is 37.0 Å². The lowest BCUT2D eigenvalue weighted by Crippen LogP contribution is -2.65. The Morgan fingerprint density at radius 2 is 0.776 bits per heavy atom. The number of hydrogen-bond donors (Lipinski definition) is 8. The van der Waals surface area contributed by atoms with E-state index >= 15 is 0 Å². The predicted molar refractivity (Wildman–Crippen MR) is 255 cm³/mol. The van der Waals surface area contributed by atoms with Crippen molar-refractivity contribution in [2.75, 3.05) is 37.9 Å². The van der Waals surface area contributed by atoms with Crippen LogP contribution in [0.2, 0.25) is 0 Å². The molecule has 0 aliphatic carbocycles. The molecule has 28 heteroatoms. The van der Waals surface area contributed by atoms with E-state index in [2.05, 4.69) is 23.7 Å². The van der Waals surface area contributed by atoms with Gasteiger partial charge >= 0.3 is 35.8 Å². The van der Waals surface area contributed by atoms with E-state index in [9.17, 15) is 69.6 Å². The van der Waals surface area contributed by atoms with Crippen molar-refractivity contribution in [3.8, 4) is 23.7 Å². The second-order valence-corrected chi connectivity index (χ2v) is 19.6. The lowest BCUT2D eigenvalue weighted by Gasteiger charge is -2.47. The molecule has 4 fully saturated rings. The van der Waals surface area contributed by atoms with Gasteiger partial charge in [-0.3, -0.25) is 28.8 Å². The highest BCUT2D eigenvalue weighted by molar-refractivity contribution is 8.00. The number of aliphatic hydroxyl groups excluding tert-OH is 8. The fourth-order valence-corrected chi connectivity index (χ4v) is 10.0. The van der Waals surface area contributed by atoms with E-state index in [0.717, 1.165) is 65.1 Å². The summed E-state index contributed by atoms with van der Waals surface area (Å²) in [5.41, 5.74) is -1.16. The molecule has 0 radical (unpaired) electrons. The summed E-state index contributed by atoms with van der Waals surface area (Å²) >= 11 is 2.06. The Morgan fingerprint density at radius 3 is 1.08 bits per heavy atom. The zero-order valence-electron chi connectivity index (χ0n) is 41.8. The minimum Gasteiger partial charge on any atom is -0.463 e. The van der Waals surface area contributed by atoms with Crippen molar-refractivity contribution in [1.82, 2.24) is 0 Å². The lowest BCUT2D eigenvalue weighted by atomic mass is 9.97. The molecule has 4 aliphatic heterocycles. The number of esters is 6. The van der Waals surface area contributed by atoms with Crippen molar-refractivity contribution in [2.24, 2.45) is 0 Å². The molecule has 5 rings (SSSR count). The van der Waals surface area contributed by atoms with Crippen LogP contribution in [0.5, 0.6) is 0 Å². The molecule has 76 heavy (non-hydrogen) atoms. The average molecular weight is 1120 g/mol. The maximum Gasteiger partial charge on any atom is 0.303 e. The fourth-order valence-electron chi connectivity index (χ4n) is 8.14. The summed E-state index contributed by atoms with van der Waals surface area (Å²) < 4.78 is 68.2. The first-order chi connectivity index (χ1) is 36.0. The molecule has 1 aromatic rings. The molecule has 4 aliphatic rings. The molecule has 422 valence electrons. The molecule has 26 nitrogen and oxygen atoms in total. The van der Waals surface area contributed by atoms with Gasteiger partial charge in [-0.25, -0.2) is 0 Å². The van der Waals surface area contributed by atoms with E-state index in [1.54, 1.807) is 24.3 Å². The van der Waals surface area contributed by atoms with Gasteiger partial charge < -0.3 is 97.7 Å². The van der Waals surface area contributed by atoms with Crippen LogP contribution in [0.1, 0.15) is 52.7 Å². The molecule has 20 atom stereocenters. The van der Waals surface area contributed by atoms with Gasteiger partial charge in [0.1, 0.15) is 97.3 Å². The van der Waals surface area contributed by atoms with Crippen molar-refractivity contribution >= 4 is 59.3 Å². The van der Waals surface area contributed by atoms with E-state index in [1.807, 2.05) is 0 Å². The normalized spacial score (nSPS) is 35.1. The summed E-state index contributed by atoms with van der Waals surface area (Å²) in [4.78, 5) is 73.7. The molecule has 4 heterocycles. The van der Waals surface area contributed by atoms with Crippen molar-refractivity contribution in [1.29, 1.82) is 0 Å². The number of carbonyl (C=O) groups is 6. The predicted octanol–water partition coefficient (Wildman–Crippen LogP) is -3.47. The topological polar surface area (TPSA) is 375 Å². The summed E-state index contributed by atoms with van der Waals surface area (Å²) in [6.45, 7) is 4.05. The maximum absolute atomic E-state index is 12.5. The Labute approximate surface area is 444 Å². The Kier molecular flexibility index (Phi) is 24.0. The minimum atomic E-state index is -1.89. The van der Waals surface area contributed by atoms with Gasteiger partial charge in [0.2, 0.25) is 0 Å². The van der Waals surface area contributed by atoms with Gasteiger partial charge in [-0.2, -0.15) is 0 Å². The van der Waals surface area contributed by atoms with Crippen LogP contribution in [0.4, 0.5) is 0 Å². The van der Waals surface area contributed by atoms with Crippen molar-refractivity contribution < 1.29 is 126 Å². The van der Waals surface area contributed by atoms with Gasteiger partial charge in [0.25, 0.3) is 0 Å². The van der Waals surface area contributed by atoms with Crippen molar-refractivity contribution in [3.05, 3.63) is 35.4 Å². The van der Waals surface area contributed by atoms with Gasteiger partial charge in [-0.15, -0.1) is 23.5 Å². The SMILES string of the molecule is CC(=O)OC[C@H]1O[C@@H](SCC#Cc2ccc(C#CCS[C@@H]3O[C@H](COC(C)=O)[C@@H](O[C@@H]4O[C@H](CO)[C@H](O)[C@H](O)[C@H]4O)[C@H](OC(C)=O)[C@H]3OC(C)=O)cc2)[C@H](OC(C)=O)[C@@H](OC(C)=O)[C@@H]1O[C@@H]1O[C@H](CO)[C@H](O)[C@H](O)[C@H]1O. The van der Waals surface area contributed by atoms with Gasteiger partial charge in [0, 0.05) is 52.7 Å². The van der Waals surface area contributed by atoms with Crippen LogP contribution in [0.25, 0.3) is 0 Å². The molecule has 8 N–H and O–H groups in total. The molecule has 0 bridgehead atoms. The van der Waals surface area contributed by atoms with Crippen LogP contribution < -0.4 is 0 Å². The lowest BCUT2D eigenvalue weighted by molar-refractivity contribution is -0.339. The highest BCUT2D eigenvalue weighted by Crippen LogP contribution is 2.38. The Bertz CT molecular complexity index is 2110. The van der Waals surface area contributed by atoms with E-state index in [4.69, 9.17) is 56.8 Å². The quantitative estimate of drug-likeness (QED) is 0.0402. The molecule has 4 saturated heterocycles. The number of rotatable bonds is 18. The molecule has 0 amide bonds. The smallest absolute Gasteiger partial charge is 0.303 e. The molecule has 0 spiro atoms. The molecule has 0 aromatic heterocycles. The third-order valence-electron chi connectivity index (χ3n) is 11.6. The number of aliphatic hydroxyl groups is 8. The highest BCUT2D eigenvalue weighted by Gasteiger charge is 2.56. The van der Waals surface area contributed by atoms with E-state index in [1.165, 1.54) is 0 Å². The van der Waals surface area contributed by atoms with Gasteiger partial charge in [-0.05, 0) is 24.3 Å². The number of hydrogen-bond acceptors (Lipinski definition) is 28. The molecule has 0 unspecified atom stereocenters. The van der Waals surface area contributed by atoms with Gasteiger partial charge in [-0.1, -0.05) is 23.7 Å². The Balaban J connectivity index is 1.28. The molecular weight excluding hydrogens is 1060 g/mol. The zero-order valence-corrected chi connectivity index (χ0v) is 43.5. The van der Waals surface area contributed by atoms with Crippen LogP contribution in [-0.4, -0.2) is 236 Å². The van der Waals surface area contributed by atoms with Crippen LogP contribution in [-0.2, 0) is 85.6 Å². The second-order valence-electron chi connectivity index (χ2n) is 17.4. The second kappa shape index (κ2) is 29.3. The number of carbonyl (C=O) groups excluding carboxylic acids is 6. The minimum absolute atomic E-state index is 0.0325. The summed E-state index contributed by atoms with van der Waals surface area (Å²) in [6.07, 6.45) is -28.5. The average Bonchev–Trinajstić information content (AvgIpc) is 3.35. The standard InChI is InChI=1S/C48H62O26S2/c1-21(51)63-19-31-39(73-45-37(61)35(59)33(57)29(17-49)69-45)41(65-23(3)53)43(67-25(5)55)47(71-31)75-15-7-9-27-11-13-28(14-12-27)10-8-16-76-48-44(68-26(6)56)42(66-24(4)54)40(32(72-48)20-64-22(2)52)74-46-38(62)36(60)34(58)30(18-50)70-46/h11-14,29-50,57-62H,15-20H2,1-6H3/t29-,30-,31-,32-,33+,34+,35+,36+,37-,38-,39-,40-,41+,42+,43-,44-,45+,46+,47+,48+/m1/s1. The maximum atomic E-state index is 12.5. The van der Waals surface area contributed by atoms with E-state index < -0.39 is 183 Å². The summed E-state index contributed by atoms with van der Waals surface area (Å²) in [5, 5.41) is 82.3. The zero-order chi connectivity index (χ0) is 56.0. The van der Waals surface area contributed by atoms with E-state index in [0.29, 0.717) is 11.1 Å². The first-order valence-electron chi connectivity index (χ1n) is 23.5. The van der Waals surface area contributed by atoms with Crippen LogP contribution in [0, 0.1) is 23.7 Å². The Hall–Kier alpha value is -4.70. The number of benzene rings is 1.